The predicted molar refractivity (Wildman–Crippen MR) is 127 cm³/mol. The summed E-state index contributed by atoms with van der Waals surface area (Å²) in [7, 11) is -1.21. The zero-order valence-corrected chi connectivity index (χ0v) is 20.9. The highest BCUT2D eigenvalue weighted by molar-refractivity contribution is 6.76. The molecule has 2 aromatic rings. The molecular formula is C24H28F3N5O2Si. The van der Waals surface area contributed by atoms with E-state index in [9.17, 15) is 18.0 Å². The van der Waals surface area contributed by atoms with Crippen LogP contribution in [0.1, 0.15) is 30.1 Å². The number of rotatable bonds is 8. The number of aromatic amines is 1. The SMILES string of the molecule is C[Si](C)(C)CCOCc1cnc(C2(Cc3ncnc4c3=CCC(=O)N=4)C=CC(C(F)(F)F)=CC2)[nH]1. The van der Waals surface area contributed by atoms with Gasteiger partial charge in [0.05, 0.1) is 35.2 Å². The fraction of sp³-hybridized carbons (Fsp3) is 0.458. The molecular weight excluding hydrogens is 475 g/mol. The molecule has 1 amide bonds. The highest BCUT2D eigenvalue weighted by atomic mass is 28.3. The van der Waals surface area contributed by atoms with Crippen molar-refractivity contribution in [1.82, 2.24) is 19.9 Å². The Bertz CT molecular complexity index is 1290. The highest BCUT2D eigenvalue weighted by Crippen LogP contribution is 2.39. The number of hydrogen-bond acceptors (Lipinski definition) is 5. The normalized spacial score (nSPS) is 20.2. The zero-order valence-electron chi connectivity index (χ0n) is 19.9. The molecule has 3 heterocycles. The molecule has 1 atom stereocenters. The van der Waals surface area contributed by atoms with E-state index < -0.39 is 25.2 Å². The molecule has 4 rings (SSSR count). The van der Waals surface area contributed by atoms with E-state index in [1.165, 1.54) is 12.4 Å². The lowest BCUT2D eigenvalue weighted by Crippen LogP contribution is -2.40. The topological polar surface area (TPSA) is 93.1 Å². The van der Waals surface area contributed by atoms with Crippen molar-refractivity contribution in [1.29, 1.82) is 0 Å². The highest BCUT2D eigenvalue weighted by Gasteiger charge is 2.40. The minimum Gasteiger partial charge on any atom is -0.375 e. The van der Waals surface area contributed by atoms with E-state index in [0.717, 1.165) is 17.8 Å². The maximum atomic E-state index is 13.3. The van der Waals surface area contributed by atoms with Gasteiger partial charge in [-0.25, -0.2) is 15.0 Å². The van der Waals surface area contributed by atoms with Gasteiger partial charge < -0.3 is 9.72 Å². The number of hydrogen-bond donors (Lipinski definition) is 1. The second-order valence-electron chi connectivity index (χ2n) is 10.1. The molecule has 0 radical (unpaired) electrons. The standard InChI is InChI=1S/C24H28F3N5O2Si/c1-35(2,3)11-10-34-14-17-13-28-22(31-17)23(8-6-16(7-9-23)24(25,26)27)12-19-18-4-5-20(33)32-21(18)30-15-29-19/h4,6-8,13,15H,5,9-12,14H2,1-3H3,(H,28,31). The molecule has 0 saturated heterocycles. The number of aromatic nitrogens is 4. The average molecular weight is 504 g/mol. The number of imidazole rings is 1. The molecule has 0 bridgehead atoms. The van der Waals surface area contributed by atoms with Crippen LogP contribution in [0.4, 0.5) is 13.2 Å². The molecule has 1 unspecified atom stereocenters. The van der Waals surface area contributed by atoms with E-state index in [4.69, 9.17) is 4.74 Å². The lowest BCUT2D eigenvalue weighted by molar-refractivity contribution is -0.117. The Balaban J connectivity index is 1.63. The van der Waals surface area contributed by atoms with Gasteiger partial charge in [-0.3, -0.25) is 4.79 Å². The fourth-order valence-corrected chi connectivity index (χ4v) is 4.79. The smallest absolute Gasteiger partial charge is 0.375 e. The molecule has 1 aliphatic carbocycles. The van der Waals surface area contributed by atoms with Crippen molar-refractivity contribution in [3.63, 3.8) is 0 Å². The Morgan fingerprint density at radius 3 is 2.66 bits per heavy atom. The third-order valence-corrected chi connectivity index (χ3v) is 7.79. The number of fused-ring (bicyclic) bond motifs is 1. The molecule has 2 aromatic heterocycles. The predicted octanol–water partition coefficient (Wildman–Crippen LogP) is 3.31. The molecule has 0 spiro atoms. The number of amides is 1. The van der Waals surface area contributed by atoms with Crippen LogP contribution >= 0.6 is 0 Å². The first-order valence-electron chi connectivity index (χ1n) is 11.5. The Morgan fingerprint density at radius 2 is 1.97 bits per heavy atom. The first-order valence-corrected chi connectivity index (χ1v) is 15.2. The zero-order chi connectivity index (χ0) is 25.3. The van der Waals surface area contributed by atoms with Gasteiger partial charge in [-0.2, -0.15) is 18.2 Å². The second kappa shape index (κ2) is 9.61. The van der Waals surface area contributed by atoms with Crippen molar-refractivity contribution in [3.05, 3.63) is 64.2 Å². The average Bonchev–Trinajstić information content (AvgIpc) is 3.25. The third-order valence-electron chi connectivity index (χ3n) is 6.09. The van der Waals surface area contributed by atoms with Crippen LogP contribution in [-0.4, -0.2) is 46.7 Å². The van der Waals surface area contributed by atoms with Gasteiger partial charge in [0.15, 0.2) is 5.49 Å². The van der Waals surface area contributed by atoms with Crippen LogP contribution in [0, 0.1) is 0 Å². The number of nitrogens with zero attached hydrogens (tertiary/aromatic N) is 4. The van der Waals surface area contributed by atoms with Crippen LogP contribution in [0.15, 0.2) is 41.3 Å². The van der Waals surface area contributed by atoms with E-state index in [2.05, 4.69) is 44.6 Å². The minimum atomic E-state index is -4.43. The number of carbonyl (C=O) groups is 1. The maximum Gasteiger partial charge on any atom is 0.416 e. The Kier molecular flexibility index (Phi) is 6.92. The van der Waals surface area contributed by atoms with Crippen molar-refractivity contribution in [3.8, 4) is 0 Å². The van der Waals surface area contributed by atoms with E-state index in [1.54, 1.807) is 18.3 Å². The van der Waals surface area contributed by atoms with Gasteiger partial charge in [-0.1, -0.05) is 43.9 Å². The molecule has 1 aliphatic heterocycles. The van der Waals surface area contributed by atoms with Gasteiger partial charge in [0.2, 0.25) is 0 Å². The number of alkyl halides is 3. The van der Waals surface area contributed by atoms with Gasteiger partial charge in [-0.05, 0) is 12.5 Å². The number of nitrogens with one attached hydrogen (secondary N) is 1. The Morgan fingerprint density at radius 1 is 1.17 bits per heavy atom. The number of allylic oxidation sites excluding steroid dienone is 4. The molecule has 0 fully saturated rings. The summed E-state index contributed by atoms with van der Waals surface area (Å²) in [5.41, 5.74) is 0.0629. The van der Waals surface area contributed by atoms with Gasteiger partial charge in [0.25, 0.3) is 5.91 Å². The molecule has 1 N–H and O–H groups in total. The van der Waals surface area contributed by atoms with Gasteiger partial charge in [-0.15, -0.1) is 0 Å². The van der Waals surface area contributed by atoms with Crippen LogP contribution in [0.5, 0.6) is 0 Å². The monoisotopic (exact) mass is 503 g/mol. The van der Waals surface area contributed by atoms with Crippen LogP contribution in [-0.2, 0) is 28.0 Å². The largest absolute Gasteiger partial charge is 0.416 e. The summed E-state index contributed by atoms with van der Waals surface area (Å²) >= 11 is 0. The third kappa shape index (κ3) is 6.02. The summed E-state index contributed by atoms with van der Waals surface area (Å²) in [6.45, 7) is 7.83. The lowest BCUT2D eigenvalue weighted by atomic mass is 9.75. The van der Waals surface area contributed by atoms with Gasteiger partial charge in [0.1, 0.15) is 12.2 Å². The lowest BCUT2D eigenvalue weighted by Gasteiger charge is -2.31. The molecule has 11 heteroatoms. The Hall–Kier alpha value is -2.92. The number of halogens is 3. The summed E-state index contributed by atoms with van der Waals surface area (Å²) in [5.74, 6) is 0.239. The van der Waals surface area contributed by atoms with E-state index in [0.29, 0.717) is 30.0 Å². The first-order chi connectivity index (χ1) is 16.5. The van der Waals surface area contributed by atoms with Crippen molar-refractivity contribution >= 4 is 20.1 Å². The summed E-state index contributed by atoms with van der Waals surface area (Å²) < 4.78 is 45.8. The first kappa shape index (κ1) is 25.2. The summed E-state index contributed by atoms with van der Waals surface area (Å²) in [5, 5.41) is 0.631. The van der Waals surface area contributed by atoms with Crippen molar-refractivity contribution < 1.29 is 22.7 Å². The maximum absolute atomic E-state index is 13.3. The van der Waals surface area contributed by atoms with E-state index in [-0.39, 0.29) is 30.7 Å². The van der Waals surface area contributed by atoms with Crippen molar-refractivity contribution in [2.24, 2.45) is 4.99 Å². The molecule has 0 aromatic carbocycles. The molecule has 35 heavy (non-hydrogen) atoms. The summed E-state index contributed by atoms with van der Waals surface area (Å²) in [4.78, 5) is 31.9. The van der Waals surface area contributed by atoms with Crippen molar-refractivity contribution in [2.45, 2.75) is 63.1 Å². The number of ether oxygens (including phenoxy) is 1. The van der Waals surface area contributed by atoms with Crippen LogP contribution in [0.3, 0.4) is 0 Å². The molecule has 0 saturated carbocycles. The number of H-pyrrole nitrogens is 1. The number of carbonyl (C=O) groups excluding carboxylic acids is 1. The van der Waals surface area contributed by atoms with Gasteiger partial charge >= 0.3 is 6.18 Å². The van der Waals surface area contributed by atoms with Crippen molar-refractivity contribution in [2.75, 3.05) is 6.61 Å². The van der Waals surface area contributed by atoms with Crippen LogP contribution in [0.2, 0.25) is 25.7 Å². The molecule has 2 aliphatic rings. The summed E-state index contributed by atoms with van der Waals surface area (Å²) in [6, 6.07) is 1.04. The quantitative estimate of drug-likeness (QED) is 0.441. The summed E-state index contributed by atoms with van der Waals surface area (Å²) in [6.07, 6.45) is 4.59. The van der Waals surface area contributed by atoms with Crippen LogP contribution in [0.25, 0.3) is 6.08 Å². The van der Waals surface area contributed by atoms with E-state index >= 15 is 0 Å². The van der Waals surface area contributed by atoms with E-state index in [1.807, 2.05) is 0 Å². The molecule has 186 valence electrons. The van der Waals surface area contributed by atoms with Gasteiger partial charge in [0, 0.05) is 32.7 Å². The molecule has 7 nitrogen and oxygen atoms in total. The van der Waals surface area contributed by atoms with Crippen LogP contribution < -0.4 is 10.7 Å². The second-order valence-corrected chi connectivity index (χ2v) is 15.7. The Labute approximate surface area is 202 Å². The fourth-order valence-electron chi connectivity index (χ4n) is 4.04. The minimum absolute atomic E-state index is 0.0800.